The number of amides is 1. The predicted molar refractivity (Wildman–Crippen MR) is 88.6 cm³/mol. The molecule has 1 aromatic heterocycles. The maximum atomic E-state index is 12.2. The van der Waals surface area contributed by atoms with Gasteiger partial charge in [-0.2, -0.15) is 5.26 Å². The zero-order chi connectivity index (χ0) is 17.1. The van der Waals surface area contributed by atoms with E-state index in [4.69, 9.17) is 5.26 Å². The second-order valence-corrected chi connectivity index (χ2v) is 5.10. The molecule has 1 amide bonds. The fraction of sp³-hybridized carbons (Fsp3) is 0.0588. The van der Waals surface area contributed by atoms with Crippen LogP contribution in [0.5, 0.6) is 0 Å². The smallest absolute Gasteiger partial charge is 0.317 e. The van der Waals surface area contributed by atoms with Gasteiger partial charge in [0.05, 0.1) is 22.7 Å². The molecule has 0 spiro atoms. The van der Waals surface area contributed by atoms with Gasteiger partial charge in [0.25, 0.3) is 0 Å². The molecular weight excluding hydrogens is 308 g/mol. The van der Waals surface area contributed by atoms with Gasteiger partial charge in [0.15, 0.2) is 0 Å². The second-order valence-electron chi connectivity index (χ2n) is 5.10. The quantitative estimate of drug-likeness (QED) is 0.707. The Bertz CT molecular complexity index is 1090. The molecule has 0 fully saturated rings. The summed E-state index contributed by atoms with van der Waals surface area (Å²) in [7, 11) is 0. The van der Waals surface area contributed by atoms with Crippen LogP contribution in [0.3, 0.4) is 0 Å². The Balaban J connectivity index is 1.93. The number of hydrogen-bond donors (Lipinski definition) is 2. The molecule has 0 saturated heterocycles. The van der Waals surface area contributed by atoms with Gasteiger partial charge in [0.1, 0.15) is 6.54 Å². The van der Waals surface area contributed by atoms with E-state index in [1.807, 2.05) is 6.07 Å². The number of hydrogen-bond acceptors (Lipinski definition) is 4. The summed E-state index contributed by atoms with van der Waals surface area (Å²) in [6.45, 7) is -0.306. The van der Waals surface area contributed by atoms with E-state index >= 15 is 0 Å². The van der Waals surface area contributed by atoms with Crippen molar-refractivity contribution < 1.29 is 4.79 Å². The van der Waals surface area contributed by atoms with Crippen molar-refractivity contribution in [3.8, 4) is 6.07 Å². The average molecular weight is 320 g/mol. The summed E-state index contributed by atoms with van der Waals surface area (Å²) in [6.07, 6.45) is 0. The highest BCUT2D eigenvalue weighted by molar-refractivity contribution is 5.91. The molecule has 1 heterocycles. The van der Waals surface area contributed by atoms with Crippen molar-refractivity contribution >= 4 is 22.6 Å². The first kappa shape index (κ1) is 15.2. The zero-order valence-corrected chi connectivity index (χ0v) is 12.4. The van der Waals surface area contributed by atoms with Crippen molar-refractivity contribution in [3.63, 3.8) is 0 Å². The van der Waals surface area contributed by atoms with Crippen LogP contribution in [0, 0.1) is 11.3 Å². The second kappa shape index (κ2) is 6.22. The number of carbonyl (C=O) groups is 1. The summed E-state index contributed by atoms with van der Waals surface area (Å²) in [6, 6.07) is 15.1. The number of aromatic nitrogens is 2. The van der Waals surface area contributed by atoms with Gasteiger partial charge in [-0.3, -0.25) is 19.0 Å². The fourth-order valence-corrected chi connectivity index (χ4v) is 2.39. The number of anilines is 1. The molecule has 0 radical (unpaired) electrons. The topological polar surface area (TPSA) is 108 Å². The standard InChI is InChI=1S/C17H12N4O3/c18-9-11-4-3-5-12(8-11)19-15(22)10-21-14-7-2-1-6-13(14)20-16(23)17(21)24/h1-8H,10H2,(H,19,22)(H,20,23). The van der Waals surface area contributed by atoms with E-state index in [9.17, 15) is 14.4 Å². The van der Waals surface area contributed by atoms with Gasteiger partial charge in [-0.1, -0.05) is 18.2 Å². The highest BCUT2D eigenvalue weighted by Crippen LogP contribution is 2.11. The Hall–Kier alpha value is -3.66. The normalized spacial score (nSPS) is 10.3. The molecule has 3 aromatic rings. The van der Waals surface area contributed by atoms with Gasteiger partial charge in [-0.15, -0.1) is 0 Å². The molecule has 7 heteroatoms. The van der Waals surface area contributed by atoms with E-state index in [1.54, 1.807) is 42.5 Å². The third-order valence-corrected chi connectivity index (χ3v) is 3.46. The summed E-state index contributed by atoms with van der Waals surface area (Å²) in [5, 5.41) is 11.5. The van der Waals surface area contributed by atoms with E-state index in [1.165, 1.54) is 6.07 Å². The van der Waals surface area contributed by atoms with Crippen molar-refractivity contribution in [1.82, 2.24) is 9.55 Å². The van der Waals surface area contributed by atoms with Crippen LogP contribution in [0.2, 0.25) is 0 Å². The van der Waals surface area contributed by atoms with Crippen LogP contribution >= 0.6 is 0 Å². The van der Waals surface area contributed by atoms with Crippen molar-refractivity contribution in [2.24, 2.45) is 0 Å². The molecular formula is C17H12N4O3. The number of nitrogens with one attached hydrogen (secondary N) is 2. The number of aromatic amines is 1. The molecule has 0 aliphatic rings. The summed E-state index contributed by atoms with van der Waals surface area (Å²) in [4.78, 5) is 38.5. The average Bonchev–Trinajstić information content (AvgIpc) is 2.59. The van der Waals surface area contributed by atoms with Gasteiger partial charge in [-0.25, -0.2) is 0 Å². The molecule has 0 atom stereocenters. The summed E-state index contributed by atoms with van der Waals surface area (Å²) in [5.41, 5.74) is 0.208. The lowest BCUT2D eigenvalue weighted by molar-refractivity contribution is -0.116. The Morgan fingerprint density at radius 1 is 1.17 bits per heavy atom. The number of para-hydroxylation sites is 2. The molecule has 0 aliphatic heterocycles. The minimum atomic E-state index is -0.797. The number of fused-ring (bicyclic) bond motifs is 1. The molecule has 2 aromatic carbocycles. The third kappa shape index (κ3) is 2.94. The lowest BCUT2D eigenvalue weighted by atomic mass is 10.2. The monoisotopic (exact) mass is 320 g/mol. The van der Waals surface area contributed by atoms with Crippen LogP contribution in [0.1, 0.15) is 5.56 Å². The minimum absolute atomic E-state index is 0.306. The Morgan fingerprint density at radius 2 is 1.96 bits per heavy atom. The number of nitrogens with zero attached hydrogens (tertiary/aromatic N) is 2. The van der Waals surface area contributed by atoms with Crippen molar-refractivity contribution in [2.75, 3.05) is 5.32 Å². The maximum absolute atomic E-state index is 12.2. The molecule has 24 heavy (non-hydrogen) atoms. The van der Waals surface area contributed by atoms with Crippen molar-refractivity contribution in [1.29, 1.82) is 5.26 Å². The van der Waals surface area contributed by atoms with Crippen LogP contribution in [0.4, 0.5) is 5.69 Å². The SMILES string of the molecule is N#Cc1cccc(NC(=O)Cn2c(=O)c(=O)[nH]c3ccccc32)c1. The number of carbonyl (C=O) groups excluding carboxylic acids is 1. The van der Waals surface area contributed by atoms with Crippen LogP contribution < -0.4 is 16.4 Å². The zero-order valence-electron chi connectivity index (χ0n) is 12.4. The Kier molecular flexibility index (Phi) is 3.95. The largest absolute Gasteiger partial charge is 0.324 e. The highest BCUT2D eigenvalue weighted by Gasteiger charge is 2.11. The number of benzene rings is 2. The van der Waals surface area contributed by atoms with Crippen LogP contribution in [-0.4, -0.2) is 15.5 Å². The number of H-pyrrole nitrogens is 1. The molecule has 0 saturated carbocycles. The summed E-state index contributed by atoms with van der Waals surface area (Å²) in [5.74, 6) is -0.469. The first-order valence-electron chi connectivity index (χ1n) is 7.10. The van der Waals surface area contributed by atoms with E-state index in [0.29, 0.717) is 22.3 Å². The van der Waals surface area contributed by atoms with Crippen LogP contribution in [0.15, 0.2) is 58.1 Å². The minimum Gasteiger partial charge on any atom is -0.324 e. The summed E-state index contributed by atoms with van der Waals surface area (Å²) < 4.78 is 1.12. The third-order valence-electron chi connectivity index (χ3n) is 3.46. The van der Waals surface area contributed by atoms with Gasteiger partial charge in [0.2, 0.25) is 5.91 Å². The molecule has 0 unspecified atom stereocenters. The van der Waals surface area contributed by atoms with E-state index < -0.39 is 17.0 Å². The van der Waals surface area contributed by atoms with Crippen LogP contribution in [0.25, 0.3) is 11.0 Å². The van der Waals surface area contributed by atoms with Crippen molar-refractivity contribution in [3.05, 3.63) is 74.8 Å². The van der Waals surface area contributed by atoms with E-state index in [0.717, 1.165) is 4.57 Å². The molecule has 118 valence electrons. The maximum Gasteiger partial charge on any atom is 0.317 e. The van der Waals surface area contributed by atoms with Crippen LogP contribution in [-0.2, 0) is 11.3 Å². The molecule has 2 N–H and O–H groups in total. The highest BCUT2D eigenvalue weighted by atomic mass is 16.2. The van der Waals surface area contributed by atoms with Gasteiger partial charge in [0, 0.05) is 5.69 Å². The van der Waals surface area contributed by atoms with Gasteiger partial charge >= 0.3 is 11.1 Å². The first-order valence-corrected chi connectivity index (χ1v) is 7.10. The fourth-order valence-electron chi connectivity index (χ4n) is 2.39. The van der Waals surface area contributed by atoms with Gasteiger partial charge < -0.3 is 10.3 Å². The Labute approximate surface area is 135 Å². The molecule has 3 rings (SSSR count). The number of nitriles is 1. The van der Waals surface area contributed by atoms with E-state index in [2.05, 4.69) is 10.3 Å². The summed E-state index contributed by atoms with van der Waals surface area (Å²) >= 11 is 0. The lowest BCUT2D eigenvalue weighted by Gasteiger charge is -2.10. The number of rotatable bonds is 3. The molecule has 0 bridgehead atoms. The Morgan fingerprint density at radius 3 is 2.75 bits per heavy atom. The predicted octanol–water partition coefficient (Wildman–Crippen LogP) is 1.20. The van der Waals surface area contributed by atoms with E-state index in [-0.39, 0.29) is 6.54 Å². The van der Waals surface area contributed by atoms with Gasteiger partial charge in [-0.05, 0) is 30.3 Å². The molecule has 7 nitrogen and oxygen atoms in total. The first-order chi connectivity index (χ1) is 11.6. The lowest BCUT2D eigenvalue weighted by Crippen LogP contribution is -2.38. The van der Waals surface area contributed by atoms with Crippen molar-refractivity contribution in [2.45, 2.75) is 6.54 Å². The molecule has 0 aliphatic carbocycles.